The maximum Gasteiger partial charge on any atom is 0.317 e. The van der Waals surface area contributed by atoms with Crippen molar-refractivity contribution in [1.82, 2.24) is 10.2 Å². The number of amides is 2. The first-order chi connectivity index (χ1) is 10.4. The minimum Gasteiger partial charge on any atom is -0.393 e. The number of aliphatic hydroxyl groups is 1. The molecule has 22 heavy (non-hydrogen) atoms. The number of piperidine rings is 1. The Morgan fingerprint density at radius 3 is 2.59 bits per heavy atom. The van der Waals surface area contributed by atoms with Crippen LogP contribution in [0, 0.1) is 11.7 Å². The molecule has 0 aromatic heterocycles. The van der Waals surface area contributed by atoms with Crippen LogP contribution < -0.4 is 5.32 Å². The van der Waals surface area contributed by atoms with Gasteiger partial charge in [0.25, 0.3) is 0 Å². The molecule has 0 radical (unpaired) electrons. The summed E-state index contributed by atoms with van der Waals surface area (Å²) in [7, 11) is 0. The van der Waals surface area contributed by atoms with Crippen molar-refractivity contribution in [2.75, 3.05) is 13.1 Å². The molecule has 0 bridgehead atoms. The lowest BCUT2D eigenvalue weighted by Crippen LogP contribution is -2.46. The smallest absolute Gasteiger partial charge is 0.317 e. The van der Waals surface area contributed by atoms with Crippen molar-refractivity contribution >= 4 is 17.6 Å². The molecule has 1 aromatic carbocycles. The zero-order valence-electron chi connectivity index (χ0n) is 12.9. The number of halogens is 2. The highest BCUT2D eigenvalue weighted by Gasteiger charge is 2.26. The van der Waals surface area contributed by atoms with E-state index in [2.05, 4.69) is 5.32 Å². The van der Waals surface area contributed by atoms with Crippen LogP contribution in [0.4, 0.5) is 9.18 Å². The van der Waals surface area contributed by atoms with Crippen LogP contribution in [0.2, 0.25) is 5.02 Å². The van der Waals surface area contributed by atoms with Gasteiger partial charge in [-0.3, -0.25) is 0 Å². The molecular formula is C16H22ClFN2O2. The lowest BCUT2D eigenvalue weighted by Gasteiger charge is -2.34. The zero-order chi connectivity index (χ0) is 16.3. The van der Waals surface area contributed by atoms with Gasteiger partial charge in [0.1, 0.15) is 5.82 Å². The number of carbonyl (C=O) groups excluding carboxylic acids is 1. The van der Waals surface area contributed by atoms with Gasteiger partial charge < -0.3 is 15.3 Å². The number of aliphatic hydroxyl groups excluding tert-OH is 1. The number of likely N-dealkylation sites (tertiary alicyclic amines) is 1. The van der Waals surface area contributed by atoms with Gasteiger partial charge >= 0.3 is 6.03 Å². The fourth-order valence-corrected chi connectivity index (χ4v) is 3.12. The number of urea groups is 1. The molecule has 0 spiro atoms. The maximum atomic E-state index is 13.1. The molecule has 2 unspecified atom stereocenters. The van der Waals surface area contributed by atoms with Gasteiger partial charge in [-0.1, -0.05) is 17.7 Å². The molecular weight excluding hydrogens is 307 g/mol. The molecule has 6 heteroatoms. The quantitative estimate of drug-likeness (QED) is 0.894. The number of nitrogens with zero attached hydrogens (tertiary/aromatic N) is 1. The van der Waals surface area contributed by atoms with Crippen LogP contribution in [0.3, 0.4) is 0 Å². The largest absolute Gasteiger partial charge is 0.393 e. The Kier molecular flexibility index (Phi) is 5.64. The van der Waals surface area contributed by atoms with Crippen molar-refractivity contribution in [1.29, 1.82) is 0 Å². The number of carbonyl (C=O) groups is 1. The van der Waals surface area contributed by atoms with Crippen molar-refractivity contribution in [3.8, 4) is 0 Å². The molecule has 4 nitrogen and oxygen atoms in total. The highest BCUT2D eigenvalue weighted by Crippen LogP contribution is 2.25. The molecule has 1 saturated heterocycles. The fourth-order valence-electron chi connectivity index (χ4n) is 2.79. The average molecular weight is 329 g/mol. The monoisotopic (exact) mass is 328 g/mol. The zero-order valence-corrected chi connectivity index (χ0v) is 13.6. The molecule has 122 valence electrons. The number of hydrogen-bond donors (Lipinski definition) is 2. The normalized spacial score (nSPS) is 18.9. The summed E-state index contributed by atoms with van der Waals surface area (Å²) in [6, 6.07) is 3.71. The predicted octanol–water partition coefficient (Wildman–Crippen LogP) is 3.34. The highest BCUT2D eigenvalue weighted by molar-refractivity contribution is 6.31. The minimum atomic E-state index is -0.396. The Morgan fingerprint density at radius 2 is 2.05 bits per heavy atom. The van der Waals surface area contributed by atoms with Gasteiger partial charge in [0.05, 0.1) is 12.1 Å². The molecule has 2 rings (SSSR count). The van der Waals surface area contributed by atoms with Gasteiger partial charge in [-0.25, -0.2) is 9.18 Å². The summed E-state index contributed by atoms with van der Waals surface area (Å²) < 4.78 is 13.1. The number of benzene rings is 1. The van der Waals surface area contributed by atoms with Crippen LogP contribution in [0.5, 0.6) is 0 Å². The summed E-state index contributed by atoms with van der Waals surface area (Å²) in [5, 5.41) is 12.8. The van der Waals surface area contributed by atoms with Crippen LogP contribution in [0.25, 0.3) is 0 Å². The summed E-state index contributed by atoms with van der Waals surface area (Å²) in [4.78, 5) is 14.0. The lowest BCUT2D eigenvalue weighted by atomic mass is 9.92. The number of rotatable bonds is 3. The Morgan fingerprint density at radius 1 is 1.41 bits per heavy atom. The first-order valence-electron chi connectivity index (χ1n) is 7.57. The van der Waals surface area contributed by atoms with Crippen molar-refractivity contribution in [3.05, 3.63) is 34.6 Å². The van der Waals surface area contributed by atoms with E-state index in [-0.39, 0.29) is 24.1 Å². The van der Waals surface area contributed by atoms with Crippen LogP contribution in [0.1, 0.15) is 38.3 Å². The molecule has 0 saturated carbocycles. The molecule has 1 aliphatic rings. The topological polar surface area (TPSA) is 52.6 Å². The van der Waals surface area contributed by atoms with E-state index in [1.165, 1.54) is 12.1 Å². The van der Waals surface area contributed by atoms with Crippen LogP contribution >= 0.6 is 11.6 Å². The molecule has 1 fully saturated rings. The first kappa shape index (κ1) is 17.0. The van der Waals surface area contributed by atoms with E-state index in [4.69, 9.17) is 11.6 Å². The summed E-state index contributed by atoms with van der Waals surface area (Å²) in [6.45, 7) is 4.87. The number of hydrogen-bond acceptors (Lipinski definition) is 2. The standard InChI is InChI=1S/C16H22ClFN2O2/c1-10(14-4-3-13(18)9-15(14)17)19-16(22)20-7-5-12(6-8-20)11(2)21/h3-4,9-12,21H,5-8H2,1-2H3,(H,19,22). The Labute approximate surface area is 135 Å². The number of nitrogens with one attached hydrogen (secondary N) is 1. The van der Waals surface area contributed by atoms with Crippen molar-refractivity contribution in [3.63, 3.8) is 0 Å². The van der Waals surface area contributed by atoms with Crippen LogP contribution in [-0.2, 0) is 0 Å². The Bertz CT molecular complexity index is 531. The van der Waals surface area contributed by atoms with E-state index in [9.17, 15) is 14.3 Å². The molecule has 2 amide bonds. The summed E-state index contributed by atoms with van der Waals surface area (Å²) in [6.07, 6.45) is 1.27. The van der Waals surface area contributed by atoms with Gasteiger partial charge in [-0.2, -0.15) is 0 Å². The van der Waals surface area contributed by atoms with Crippen LogP contribution in [0.15, 0.2) is 18.2 Å². The predicted molar refractivity (Wildman–Crippen MR) is 84.3 cm³/mol. The summed E-state index contributed by atoms with van der Waals surface area (Å²) in [5.74, 6) is -0.138. The van der Waals surface area contributed by atoms with Gasteiger partial charge in [-0.05, 0) is 50.3 Å². The van der Waals surface area contributed by atoms with Crippen molar-refractivity contribution in [2.24, 2.45) is 5.92 Å². The second-order valence-electron chi connectivity index (χ2n) is 5.90. The van der Waals surface area contributed by atoms with Crippen molar-refractivity contribution < 1.29 is 14.3 Å². The Balaban J connectivity index is 1.92. The van der Waals surface area contributed by atoms with E-state index < -0.39 is 5.82 Å². The summed E-state index contributed by atoms with van der Waals surface area (Å²) in [5.41, 5.74) is 0.690. The lowest BCUT2D eigenvalue weighted by molar-refractivity contribution is 0.0794. The SMILES string of the molecule is CC(NC(=O)N1CCC(C(C)O)CC1)c1ccc(F)cc1Cl. The van der Waals surface area contributed by atoms with E-state index in [0.717, 1.165) is 12.8 Å². The molecule has 2 N–H and O–H groups in total. The molecule has 1 heterocycles. The van der Waals surface area contributed by atoms with Gasteiger partial charge in [-0.15, -0.1) is 0 Å². The molecule has 1 aromatic rings. The molecule has 2 atom stereocenters. The first-order valence-corrected chi connectivity index (χ1v) is 7.94. The third-order valence-corrected chi connectivity index (χ3v) is 4.61. The Hall–Kier alpha value is -1.33. The van der Waals surface area contributed by atoms with Gasteiger partial charge in [0.2, 0.25) is 0 Å². The second-order valence-corrected chi connectivity index (χ2v) is 6.31. The average Bonchev–Trinajstić information content (AvgIpc) is 2.47. The molecule has 1 aliphatic heterocycles. The third kappa shape index (κ3) is 4.11. The minimum absolute atomic E-state index is 0.156. The third-order valence-electron chi connectivity index (χ3n) is 4.28. The van der Waals surface area contributed by atoms with Crippen LogP contribution in [-0.4, -0.2) is 35.2 Å². The van der Waals surface area contributed by atoms with E-state index in [1.54, 1.807) is 17.9 Å². The van der Waals surface area contributed by atoms with Gasteiger partial charge in [0.15, 0.2) is 0 Å². The second kappa shape index (κ2) is 7.29. The molecule has 0 aliphatic carbocycles. The highest BCUT2D eigenvalue weighted by atomic mass is 35.5. The maximum absolute atomic E-state index is 13.1. The fraction of sp³-hybridized carbons (Fsp3) is 0.562. The van der Waals surface area contributed by atoms with E-state index >= 15 is 0 Å². The van der Waals surface area contributed by atoms with E-state index in [1.807, 2.05) is 6.92 Å². The summed E-state index contributed by atoms with van der Waals surface area (Å²) >= 11 is 6.01. The van der Waals surface area contributed by atoms with E-state index in [0.29, 0.717) is 23.7 Å². The van der Waals surface area contributed by atoms with Crippen molar-refractivity contribution in [2.45, 2.75) is 38.8 Å². The van der Waals surface area contributed by atoms with Gasteiger partial charge in [0, 0.05) is 18.1 Å².